The van der Waals surface area contributed by atoms with E-state index in [1.807, 2.05) is 18.3 Å². The van der Waals surface area contributed by atoms with Crippen molar-refractivity contribution >= 4 is 0 Å². The molecule has 0 aliphatic carbocycles. The van der Waals surface area contributed by atoms with Crippen molar-refractivity contribution in [1.82, 2.24) is 4.98 Å². The van der Waals surface area contributed by atoms with Crippen molar-refractivity contribution in [3.63, 3.8) is 0 Å². The molecule has 0 fully saturated rings. The number of pyridine rings is 1. The number of benzene rings is 1. The average molecular weight is 225 g/mol. The van der Waals surface area contributed by atoms with Gasteiger partial charge in [-0.1, -0.05) is 25.5 Å². The van der Waals surface area contributed by atoms with E-state index in [2.05, 4.69) is 44.0 Å². The molecule has 0 atom stereocenters. The van der Waals surface area contributed by atoms with Crippen molar-refractivity contribution in [1.29, 1.82) is 0 Å². The fourth-order valence-corrected chi connectivity index (χ4v) is 2.11. The molecule has 17 heavy (non-hydrogen) atoms. The third-order valence-electron chi connectivity index (χ3n) is 3.18. The minimum atomic E-state index is 1.08. The maximum atomic E-state index is 4.46. The second kappa shape index (κ2) is 5.13. The molecule has 2 rings (SSSR count). The van der Waals surface area contributed by atoms with Crippen LogP contribution in [0.4, 0.5) is 0 Å². The normalized spacial score (nSPS) is 10.5. The lowest BCUT2D eigenvalue weighted by atomic mass is 9.95. The first-order valence-electron chi connectivity index (χ1n) is 6.24. The summed E-state index contributed by atoms with van der Waals surface area (Å²) in [6, 6.07) is 10.7. The summed E-state index contributed by atoms with van der Waals surface area (Å²) in [7, 11) is 0. The van der Waals surface area contributed by atoms with E-state index in [1.54, 1.807) is 0 Å². The Hall–Kier alpha value is -1.63. The summed E-state index contributed by atoms with van der Waals surface area (Å²) in [6.45, 7) is 6.56. The SMILES string of the molecule is CCCc1cc(C)c(C)cc1-c1ccccn1. The van der Waals surface area contributed by atoms with Gasteiger partial charge in [0.2, 0.25) is 0 Å². The van der Waals surface area contributed by atoms with Gasteiger partial charge >= 0.3 is 0 Å². The van der Waals surface area contributed by atoms with E-state index in [4.69, 9.17) is 0 Å². The molecule has 0 unspecified atom stereocenters. The molecule has 0 saturated heterocycles. The molecule has 1 aromatic carbocycles. The second-order valence-corrected chi connectivity index (χ2v) is 4.56. The zero-order valence-electron chi connectivity index (χ0n) is 10.8. The molecule has 0 spiro atoms. The molecule has 0 saturated carbocycles. The van der Waals surface area contributed by atoms with Gasteiger partial charge in [0.15, 0.2) is 0 Å². The lowest BCUT2D eigenvalue weighted by Crippen LogP contribution is -1.94. The molecule has 0 N–H and O–H groups in total. The maximum absolute atomic E-state index is 4.46. The topological polar surface area (TPSA) is 12.9 Å². The fourth-order valence-electron chi connectivity index (χ4n) is 2.11. The van der Waals surface area contributed by atoms with Gasteiger partial charge in [-0.25, -0.2) is 0 Å². The van der Waals surface area contributed by atoms with Crippen molar-refractivity contribution in [2.45, 2.75) is 33.6 Å². The fraction of sp³-hybridized carbons (Fsp3) is 0.312. The Morgan fingerprint density at radius 1 is 1.06 bits per heavy atom. The standard InChI is InChI=1S/C16H19N/c1-4-7-14-10-12(2)13(3)11-15(14)16-8-5-6-9-17-16/h5-6,8-11H,4,7H2,1-3H3. The molecule has 1 nitrogen and oxygen atoms in total. The van der Waals surface area contributed by atoms with Gasteiger partial charge in [-0.2, -0.15) is 0 Å². The zero-order valence-corrected chi connectivity index (χ0v) is 10.8. The highest BCUT2D eigenvalue weighted by Gasteiger charge is 2.07. The van der Waals surface area contributed by atoms with Gasteiger partial charge in [0.25, 0.3) is 0 Å². The van der Waals surface area contributed by atoms with Crippen LogP contribution in [-0.2, 0) is 6.42 Å². The van der Waals surface area contributed by atoms with Crippen molar-refractivity contribution in [2.75, 3.05) is 0 Å². The smallest absolute Gasteiger partial charge is 0.0704 e. The lowest BCUT2D eigenvalue weighted by molar-refractivity contribution is 0.920. The quantitative estimate of drug-likeness (QED) is 0.758. The number of aromatic nitrogens is 1. The van der Waals surface area contributed by atoms with Crippen molar-refractivity contribution in [3.05, 3.63) is 53.2 Å². The Morgan fingerprint density at radius 2 is 1.82 bits per heavy atom. The Bertz CT molecular complexity index is 500. The van der Waals surface area contributed by atoms with E-state index < -0.39 is 0 Å². The first-order valence-corrected chi connectivity index (χ1v) is 6.24. The van der Waals surface area contributed by atoms with Crippen LogP contribution in [0.25, 0.3) is 11.3 Å². The van der Waals surface area contributed by atoms with Crippen LogP contribution in [0.5, 0.6) is 0 Å². The Morgan fingerprint density at radius 3 is 2.47 bits per heavy atom. The molecule has 0 bridgehead atoms. The van der Waals surface area contributed by atoms with Crippen molar-refractivity contribution in [2.24, 2.45) is 0 Å². The lowest BCUT2D eigenvalue weighted by Gasteiger charge is -2.12. The number of hydrogen-bond donors (Lipinski definition) is 0. The van der Waals surface area contributed by atoms with Crippen LogP contribution in [0, 0.1) is 13.8 Å². The summed E-state index contributed by atoms with van der Waals surface area (Å²) in [6.07, 6.45) is 4.15. The van der Waals surface area contributed by atoms with Crippen LogP contribution in [-0.4, -0.2) is 4.98 Å². The molecule has 1 heteroatoms. The Kier molecular flexibility index (Phi) is 3.58. The van der Waals surface area contributed by atoms with Crippen molar-refractivity contribution in [3.8, 4) is 11.3 Å². The largest absolute Gasteiger partial charge is 0.256 e. The second-order valence-electron chi connectivity index (χ2n) is 4.56. The zero-order chi connectivity index (χ0) is 12.3. The summed E-state index contributed by atoms with van der Waals surface area (Å²) < 4.78 is 0. The van der Waals surface area contributed by atoms with Crippen LogP contribution in [0.1, 0.15) is 30.0 Å². The van der Waals surface area contributed by atoms with Gasteiger partial charge in [-0.05, 0) is 55.2 Å². The third kappa shape index (κ3) is 2.55. The van der Waals surface area contributed by atoms with Crippen LogP contribution in [0.15, 0.2) is 36.5 Å². The number of aryl methyl sites for hydroxylation is 3. The summed E-state index contributed by atoms with van der Waals surface area (Å²) in [5.74, 6) is 0. The molecule has 1 heterocycles. The van der Waals surface area contributed by atoms with Gasteiger partial charge < -0.3 is 0 Å². The third-order valence-corrected chi connectivity index (χ3v) is 3.18. The predicted octanol–water partition coefficient (Wildman–Crippen LogP) is 4.32. The molecule has 0 aliphatic rings. The van der Waals surface area contributed by atoms with E-state index >= 15 is 0 Å². The molecule has 1 aromatic heterocycles. The number of rotatable bonds is 3. The molecule has 88 valence electrons. The minimum absolute atomic E-state index is 1.08. The van der Waals surface area contributed by atoms with Gasteiger partial charge in [0, 0.05) is 11.8 Å². The van der Waals surface area contributed by atoms with E-state index in [1.165, 1.54) is 28.7 Å². The first-order chi connectivity index (χ1) is 8.22. The van der Waals surface area contributed by atoms with E-state index in [9.17, 15) is 0 Å². The van der Waals surface area contributed by atoms with Crippen LogP contribution >= 0.6 is 0 Å². The van der Waals surface area contributed by atoms with Gasteiger partial charge in [-0.3, -0.25) is 4.98 Å². The Labute approximate surface area is 104 Å². The summed E-state index contributed by atoms with van der Waals surface area (Å²) in [5.41, 5.74) is 6.49. The van der Waals surface area contributed by atoms with E-state index in [0.717, 1.165) is 12.1 Å². The number of hydrogen-bond acceptors (Lipinski definition) is 1. The van der Waals surface area contributed by atoms with E-state index in [-0.39, 0.29) is 0 Å². The monoisotopic (exact) mass is 225 g/mol. The first kappa shape index (κ1) is 11.8. The highest BCUT2D eigenvalue weighted by atomic mass is 14.7. The molecule has 0 radical (unpaired) electrons. The molecular weight excluding hydrogens is 206 g/mol. The van der Waals surface area contributed by atoms with Crippen molar-refractivity contribution < 1.29 is 0 Å². The molecule has 0 amide bonds. The molecule has 0 aliphatic heterocycles. The Balaban J connectivity index is 2.55. The highest BCUT2D eigenvalue weighted by Crippen LogP contribution is 2.26. The summed E-state index contributed by atoms with van der Waals surface area (Å²) in [4.78, 5) is 4.46. The van der Waals surface area contributed by atoms with Gasteiger partial charge in [-0.15, -0.1) is 0 Å². The molecular formula is C16H19N. The summed E-state index contributed by atoms with van der Waals surface area (Å²) >= 11 is 0. The molecule has 2 aromatic rings. The van der Waals surface area contributed by atoms with Crippen LogP contribution in [0.3, 0.4) is 0 Å². The van der Waals surface area contributed by atoms with Crippen LogP contribution in [0.2, 0.25) is 0 Å². The minimum Gasteiger partial charge on any atom is -0.256 e. The number of nitrogens with zero attached hydrogens (tertiary/aromatic N) is 1. The summed E-state index contributed by atoms with van der Waals surface area (Å²) in [5, 5.41) is 0. The predicted molar refractivity (Wildman–Crippen MR) is 73.1 cm³/mol. The van der Waals surface area contributed by atoms with Crippen LogP contribution < -0.4 is 0 Å². The average Bonchev–Trinajstić information content (AvgIpc) is 2.35. The highest BCUT2D eigenvalue weighted by molar-refractivity contribution is 5.65. The van der Waals surface area contributed by atoms with Gasteiger partial charge in [0.1, 0.15) is 0 Å². The van der Waals surface area contributed by atoms with E-state index in [0.29, 0.717) is 0 Å². The van der Waals surface area contributed by atoms with Gasteiger partial charge in [0.05, 0.1) is 5.69 Å². The maximum Gasteiger partial charge on any atom is 0.0704 e.